The monoisotopic (exact) mass is 475 g/mol. The van der Waals surface area contributed by atoms with E-state index in [2.05, 4.69) is 19.9 Å². The molecule has 2 atom stereocenters. The summed E-state index contributed by atoms with van der Waals surface area (Å²) < 4.78 is 45.1. The number of aromatic nitrogens is 4. The Labute approximate surface area is 195 Å². The Morgan fingerprint density at radius 2 is 1.74 bits per heavy atom. The fourth-order valence-electron chi connectivity index (χ4n) is 5.62. The van der Waals surface area contributed by atoms with Crippen LogP contribution in [0.3, 0.4) is 0 Å². The predicted molar refractivity (Wildman–Crippen MR) is 119 cm³/mol. The largest absolute Gasteiger partial charge is 0.384 e. The Morgan fingerprint density at radius 3 is 2.41 bits per heavy atom. The third kappa shape index (κ3) is 3.15. The van der Waals surface area contributed by atoms with Gasteiger partial charge in [0.15, 0.2) is 5.82 Å². The second kappa shape index (κ2) is 7.65. The van der Waals surface area contributed by atoms with Crippen LogP contribution in [0, 0.1) is 5.41 Å². The highest BCUT2D eigenvalue weighted by Gasteiger charge is 2.67. The fraction of sp³-hybridized carbons (Fsp3) is 0.636. The molecule has 2 aromatic heterocycles. The highest BCUT2D eigenvalue weighted by Crippen LogP contribution is 2.53. The lowest BCUT2D eigenvalue weighted by Crippen LogP contribution is -2.71. The van der Waals surface area contributed by atoms with Crippen molar-refractivity contribution >= 4 is 17.7 Å². The van der Waals surface area contributed by atoms with E-state index in [1.165, 1.54) is 12.3 Å². The summed E-state index contributed by atoms with van der Waals surface area (Å²) in [5.41, 5.74) is 5.12. The molecule has 2 unspecified atom stereocenters. The van der Waals surface area contributed by atoms with Gasteiger partial charge in [-0.05, 0) is 19.9 Å². The van der Waals surface area contributed by atoms with Crippen molar-refractivity contribution in [2.45, 2.75) is 37.9 Å². The van der Waals surface area contributed by atoms with Crippen molar-refractivity contribution in [1.82, 2.24) is 19.9 Å². The highest BCUT2D eigenvalue weighted by atomic mass is 19.3. The van der Waals surface area contributed by atoms with Gasteiger partial charge in [0.05, 0.1) is 62.7 Å². The van der Waals surface area contributed by atoms with E-state index in [-0.39, 0.29) is 45.8 Å². The van der Waals surface area contributed by atoms with Crippen molar-refractivity contribution < 1.29 is 23.0 Å². The van der Waals surface area contributed by atoms with Crippen LogP contribution in [0.2, 0.25) is 0 Å². The van der Waals surface area contributed by atoms with Crippen LogP contribution in [0.25, 0.3) is 11.4 Å². The molecule has 6 heterocycles. The molecule has 0 amide bonds. The summed E-state index contributed by atoms with van der Waals surface area (Å²) in [6, 6.07) is 1.31. The summed E-state index contributed by atoms with van der Waals surface area (Å²) in [4.78, 5) is 22.4. The van der Waals surface area contributed by atoms with Gasteiger partial charge in [-0.25, -0.2) is 13.8 Å². The number of nitrogens with two attached hydrogens (primary N) is 1. The van der Waals surface area contributed by atoms with Crippen LogP contribution >= 0.6 is 0 Å². The zero-order valence-electron chi connectivity index (χ0n) is 19.1. The Bertz CT molecular complexity index is 1100. The van der Waals surface area contributed by atoms with E-state index in [1.807, 2.05) is 18.7 Å². The van der Waals surface area contributed by atoms with Crippen LogP contribution in [-0.2, 0) is 14.2 Å². The number of anilines is 3. The lowest BCUT2D eigenvalue weighted by Gasteiger charge is -2.55. The van der Waals surface area contributed by atoms with Crippen LogP contribution < -0.4 is 15.5 Å². The highest BCUT2D eigenvalue weighted by molar-refractivity contribution is 5.65. The lowest BCUT2D eigenvalue weighted by molar-refractivity contribution is 0.0633. The molecule has 0 aromatic carbocycles. The molecule has 2 N–H and O–H groups in total. The summed E-state index contributed by atoms with van der Waals surface area (Å²) in [7, 11) is 0. The second-order valence-corrected chi connectivity index (χ2v) is 9.98. The van der Waals surface area contributed by atoms with Gasteiger partial charge in [0.25, 0.3) is 6.43 Å². The van der Waals surface area contributed by atoms with E-state index in [9.17, 15) is 8.78 Å². The van der Waals surface area contributed by atoms with Gasteiger partial charge in [0.1, 0.15) is 5.82 Å². The summed E-state index contributed by atoms with van der Waals surface area (Å²) in [6.07, 6.45) is -1.45. The first-order chi connectivity index (χ1) is 16.3. The van der Waals surface area contributed by atoms with Gasteiger partial charge in [0.2, 0.25) is 11.9 Å². The van der Waals surface area contributed by atoms with Crippen LogP contribution in [0.4, 0.5) is 26.5 Å². The summed E-state index contributed by atoms with van der Waals surface area (Å²) >= 11 is 0. The lowest BCUT2D eigenvalue weighted by atomic mass is 9.69. The van der Waals surface area contributed by atoms with E-state index in [1.54, 1.807) is 0 Å². The molecule has 4 fully saturated rings. The summed E-state index contributed by atoms with van der Waals surface area (Å²) in [5.74, 6) is 1.00. The number of ether oxygens (including phenoxy) is 3. The van der Waals surface area contributed by atoms with Gasteiger partial charge in [0, 0.05) is 23.9 Å². The molecule has 4 saturated heterocycles. The minimum absolute atomic E-state index is 0.0154. The molecule has 0 saturated carbocycles. The zero-order chi connectivity index (χ0) is 23.7. The third-order valence-corrected chi connectivity index (χ3v) is 7.45. The van der Waals surface area contributed by atoms with Crippen molar-refractivity contribution in [1.29, 1.82) is 0 Å². The van der Waals surface area contributed by atoms with Crippen molar-refractivity contribution in [2.24, 2.45) is 5.41 Å². The summed E-state index contributed by atoms with van der Waals surface area (Å²) in [6.45, 7) is 8.02. The maximum absolute atomic E-state index is 13.9. The Balaban J connectivity index is 1.49. The van der Waals surface area contributed by atoms with Gasteiger partial charge < -0.3 is 29.7 Å². The molecule has 4 aliphatic rings. The molecule has 12 heteroatoms. The predicted octanol–water partition coefficient (Wildman–Crippen LogP) is 1.67. The van der Waals surface area contributed by atoms with E-state index in [0.717, 1.165) is 0 Å². The molecule has 1 spiro atoms. The van der Waals surface area contributed by atoms with Gasteiger partial charge in [-0.2, -0.15) is 15.0 Å². The van der Waals surface area contributed by atoms with Gasteiger partial charge in [-0.1, -0.05) is 0 Å². The van der Waals surface area contributed by atoms with Crippen LogP contribution in [0.15, 0.2) is 12.3 Å². The number of hydrogen-bond acceptors (Lipinski definition) is 10. The van der Waals surface area contributed by atoms with Gasteiger partial charge in [-0.3, -0.25) is 0 Å². The molecule has 0 bridgehead atoms. The van der Waals surface area contributed by atoms with Crippen molar-refractivity contribution in [3.05, 3.63) is 17.8 Å². The van der Waals surface area contributed by atoms with Crippen LogP contribution in [0.1, 0.15) is 25.8 Å². The number of nitrogen functional groups attached to an aromatic ring is 1. The Morgan fingerprint density at radius 1 is 1.03 bits per heavy atom. The molecule has 34 heavy (non-hydrogen) atoms. The van der Waals surface area contributed by atoms with Crippen molar-refractivity contribution in [2.75, 3.05) is 61.7 Å². The molecule has 10 nitrogen and oxygen atoms in total. The molecule has 4 aliphatic heterocycles. The zero-order valence-corrected chi connectivity index (χ0v) is 19.1. The summed E-state index contributed by atoms with van der Waals surface area (Å²) in [5, 5.41) is 0. The molecule has 0 aliphatic carbocycles. The number of halogens is 2. The SMILES string of the molecule is CC1(C)COCCN1c1nc(-c2cnc(N)cc2C(F)F)nc(N2C3COCC34COCC24)n1. The van der Waals surface area contributed by atoms with Gasteiger partial charge >= 0.3 is 0 Å². The Hall–Kier alpha value is -2.70. The van der Waals surface area contributed by atoms with Crippen molar-refractivity contribution in [3.63, 3.8) is 0 Å². The average Bonchev–Trinajstić information content (AvgIpc) is 3.33. The number of nitrogens with zero attached hydrogens (tertiary/aromatic N) is 6. The maximum Gasteiger partial charge on any atom is 0.264 e. The van der Waals surface area contributed by atoms with Gasteiger partial charge in [-0.15, -0.1) is 0 Å². The average molecular weight is 476 g/mol. The number of morpholine rings is 1. The smallest absolute Gasteiger partial charge is 0.264 e. The van der Waals surface area contributed by atoms with E-state index < -0.39 is 6.43 Å². The number of alkyl halides is 2. The second-order valence-electron chi connectivity index (χ2n) is 9.98. The first-order valence-corrected chi connectivity index (χ1v) is 11.4. The quantitative estimate of drug-likeness (QED) is 0.701. The molecule has 6 rings (SSSR count). The minimum atomic E-state index is -2.76. The van der Waals surface area contributed by atoms with E-state index in [0.29, 0.717) is 58.1 Å². The topological polar surface area (TPSA) is 112 Å². The van der Waals surface area contributed by atoms with E-state index in [4.69, 9.17) is 24.9 Å². The van der Waals surface area contributed by atoms with E-state index >= 15 is 0 Å². The molecule has 2 aromatic rings. The Kier molecular flexibility index (Phi) is 4.91. The number of hydrogen-bond donors (Lipinski definition) is 1. The molecular formula is C22H27F2N7O3. The minimum Gasteiger partial charge on any atom is -0.384 e. The number of pyridine rings is 1. The first kappa shape index (κ1) is 21.8. The molecular weight excluding hydrogens is 448 g/mol. The van der Waals surface area contributed by atoms with Crippen LogP contribution in [0.5, 0.6) is 0 Å². The molecule has 0 radical (unpaired) electrons. The molecule has 182 valence electrons. The normalized spacial score (nSPS) is 29.8. The van der Waals surface area contributed by atoms with Crippen molar-refractivity contribution in [3.8, 4) is 11.4 Å². The standard InChI is InChI=1S/C22H27F2N7O3/c1-21(2)9-32-4-3-30(21)19-27-18(13-6-26-16(25)5-12(13)17(23)24)28-20(29-19)31-14-7-33-10-22(14)11-34-8-15(22)31/h5-6,14-15,17H,3-4,7-11H2,1-2H3,(H2,25,26). The number of rotatable bonds is 4. The first-order valence-electron chi connectivity index (χ1n) is 11.4. The fourth-order valence-corrected chi connectivity index (χ4v) is 5.62. The van der Waals surface area contributed by atoms with Crippen LogP contribution in [-0.4, -0.2) is 83.7 Å². The maximum atomic E-state index is 13.9. The third-order valence-electron chi connectivity index (χ3n) is 7.45.